The molecule has 142 valence electrons. The van der Waals surface area contributed by atoms with Crippen molar-refractivity contribution < 1.29 is 23.9 Å². The van der Waals surface area contributed by atoms with E-state index in [1.165, 1.54) is 14.0 Å². The van der Waals surface area contributed by atoms with Gasteiger partial charge in [0.1, 0.15) is 11.3 Å². The van der Waals surface area contributed by atoms with Gasteiger partial charge in [0.2, 0.25) is 5.91 Å². The Bertz CT molecular complexity index is 872. The maximum Gasteiger partial charge on any atom is 0.341 e. The van der Waals surface area contributed by atoms with Gasteiger partial charge in [-0.25, -0.2) is 4.79 Å². The van der Waals surface area contributed by atoms with Gasteiger partial charge < -0.3 is 19.3 Å². The molecule has 1 fully saturated rings. The Morgan fingerprint density at radius 1 is 0.963 bits per heavy atom. The first-order valence-electron chi connectivity index (χ1n) is 8.77. The van der Waals surface area contributed by atoms with Crippen LogP contribution in [0.2, 0.25) is 0 Å². The molecule has 1 saturated heterocycles. The molecule has 2 aromatic rings. The molecule has 2 amide bonds. The van der Waals surface area contributed by atoms with E-state index in [9.17, 15) is 14.4 Å². The summed E-state index contributed by atoms with van der Waals surface area (Å²) in [5, 5.41) is 1.65. The molecule has 3 rings (SSSR count). The standard InChI is InChI=1S/C20H22N2O5/c1-14(23)21-9-11-22(12-10-21)18(24)13-27-19-16-6-4-3-5-15(16)7-8-17(19)20(25)26-2/h3-8H,9-13H2,1-2H3. The number of hydrogen-bond acceptors (Lipinski definition) is 5. The summed E-state index contributed by atoms with van der Waals surface area (Å²) in [6, 6.07) is 10.9. The first-order chi connectivity index (χ1) is 13.0. The molecule has 0 spiro atoms. The molecule has 0 radical (unpaired) electrons. The monoisotopic (exact) mass is 370 g/mol. The van der Waals surface area contributed by atoms with Gasteiger partial charge in [0.15, 0.2) is 6.61 Å². The predicted octanol–water partition coefficient (Wildman–Crippen LogP) is 1.70. The maximum atomic E-state index is 12.5. The number of ether oxygens (including phenoxy) is 2. The number of esters is 1. The molecule has 0 N–H and O–H groups in total. The van der Waals surface area contributed by atoms with Gasteiger partial charge in [-0.2, -0.15) is 0 Å². The minimum absolute atomic E-state index is 0.0109. The molecule has 7 heteroatoms. The Balaban J connectivity index is 1.75. The zero-order valence-electron chi connectivity index (χ0n) is 15.4. The first-order valence-corrected chi connectivity index (χ1v) is 8.77. The van der Waals surface area contributed by atoms with E-state index in [1.807, 2.05) is 30.3 Å². The summed E-state index contributed by atoms with van der Waals surface area (Å²) in [4.78, 5) is 39.4. The maximum absolute atomic E-state index is 12.5. The Labute approximate surface area is 157 Å². The van der Waals surface area contributed by atoms with Crippen molar-refractivity contribution in [1.82, 2.24) is 9.80 Å². The van der Waals surface area contributed by atoms with Crippen molar-refractivity contribution in [3.8, 4) is 5.75 Å². The number of methoxy groups -OCH3 is 1. The fraction of sp³-hybridized carbons (Fsp3) is 0.350. The van der Waals surface area contributed by atoms with Crippen LogP contribution in [-0.4, -0.2) is 67.5 Å². The zero-order valence-corrected chi connectivity index (χ0v) is 15.4. The van der Waals surface area contributed by atoms with Crippen molar-refractivity contribution in [3.05, 3.63) is 42.0 Å². The van der Waals surface area contributed by atoms with E-state index in [1.54, 1.807) is 15.9 Å². The van der Waals surface area contributed by atoms with Crippen LogP contribution in [0.5, 0.6) is 5.75 Å². The highest BCUT2D eigenvalue weighted by Gasteiger charge is 2.24. The quantitative estimate of drug-likeness (QED) is 0.766. The summed E-state index contributed by atoms with van der Waals surface area (Å²) in [7, 11) is 1.31. The molecule has 0 aliphatic carbocycles. The van der Waals surface area contributed by atoms with Crippen molar-refractivity contribution in [2.24, 2.45) is 0 Å². The number of piperazine rings is 1. The highest BCUT2D eigenvalue weighted by atomic mass is 16.5. The Kier molecular flexibility index (Phi) is 5.59. The minimum atomic E-state index is -0.515. The lowest BCUT2D eigenvalue weighted by atomic mass is 10.1. The third-order valence-electron chi connectivity index (χ3n) is 4.70. The third-order valence-corrected chi connectivity index (χ3v) is 4.70. The number of benzene rings is 2. The van der Waals surface area contributed by atoms with Crippen molar-refractivity contribution in [2.75, 3.05) is 39.9 Å². The molecule has 0 saturated carbocycles. The highest BCUT2D eigenvalue weighted by Crippen LogP contribution is 2.30. The average molecular weight is 370 g/mol. The Morgan fingerprint density at radius 2 is 1.63 bits per heavy atom. The first kappa shape index (κ1) is 18.7. The lowest BCUT2D eigenvalue weighted by molar-refractivity contribution is -0.139. The number of fused-ring (bicyclic) bond motifs is 1. The molecule has 27 heavy (non-hydrogen) atoms. The van der Waals surface area contributed by atoms with Crippen LogP contribution in [-0.2, 0) is 14.3 Å². The summed E-state index contributed by atoms with van der Waals surface area (Å²) in [6.07, 6.45) is 0. The van der Waals surface area contributed by atoms with Gasteiger partial charge in [-0.1, -0.05) is 30.3 Å². The molecular weight excluding hydrogens is 348 g/mol. The largest absolute Gasteiger partial charge is 0.482 e. The number of carbonyl (C=O) groups is 3. The lowest BCUT2D eigenvalue weighted by Crippen LogP contribution is -2.51. The second-order valence-corrected chi connectivity index (χ2v) is 6.33. The minimum Gasteiger partial charge on any atom is -0.482 e. The molecule has 1 aliphatic heterocycles. The van der Waals surface area contributed by atoms with Crippen LogP contribution in [0.15, 0.2) is 36.4 Å². The van der Waals surface area contributed by atoms with E-state index in [4.69, 9.17) is 9.47 Å². The topological polar surface area (TPSA) is 76.2 Å². The second-order valence-electron chi connectivity index (χ2n) is 6.33. The van der Waals surface area contributed by atoms with E-state index < -0.39 is 5.97 Å². The van der Waals surface area contributed by atoms with Crippen molar-refractivity contribution in [3.63, 3.8) is 0 Å². The van der Waals surface area contributed by atoms with E-state index in [2.05, 4.69) is 0 Å². The smallest absolute Gasteiger partial charge is 0.341 e. The second kappa shape index (κ2) is 8.07. The van der Waals surface area contributed by atoms with Crippen molar-refractivity contribution in [2.45, 2.75) is 6.92 Å². The summed E-state index contributed by atoms with van der Waals surface area (Å²) >= 11 is 0. The van der Waals surface area contributed by atoms with Crippen LogP contribution in [0.1, 0.15) is 17.3 Å². The number of hydrogen-bond donors (Lipinski definition) is 0. The van der Waals surface area contributed by atoms with E-state index in [-0.39, 0.29) is 24.0 Å². The fourth-order valence-electron chi connectivity index (χ4n) is 3.17. The van der Waals surface area contributed by atoms with Gasteiger partial charge in [-0.3, -0.25) is 9.59 Å². The summed E-state index contributed by atoms with van der Waals surface area (Å²) in [6.45, 7) is 3.32. The molecule has 0 bridgehead atoms. The van der Waals surface area contributed by atoms with Gasteiger partial charge in [0, 0.05) is 38.5 Å². The van der Waals surface area contributed by atoms with Crippen molar-refractivity contribution in [1.29, 1.82) is 0 Å². The van der Waals surface area contributed by atoms with E-state index in [0.717, 1.165) is 10.8 Å². The van der Waals surface area contributed by atoms with Crippen molar-refractivity contribution >= 4 is 28.6 Å². The Morgan fingerprint density at radius 3 is 2.30 bits per heavy atom. The van der Waals surface area contributed by atoms with Gasteiger partial charge >= 0.3 is 5.97 Å². The van der Waals surface area contributed by atoms with Gasteiger partial charge in [0.05, 0.1) is 7.11 Å². The predicted molar refractivity (Wildman–Crippen MR) is 99.6 cm³/mol. The number of carbonyl (C=O) groups excluding carboxylic acids is 3. The van der Waals surface area contributed by atoms with Crippen LogP contribution < -0.4 is 4.74 Å². The van der Waals surface area contributed by atoms with Gasteiger partial charge in [-0.05, 0) is 11.5 Å². The Hall–Kier alpha value is -3.09. The number of amides is 2. The van der Waals surface area contributed by atoms with E-state index >= 15 is 0 Å². The molecule has 0 atom stereocenters. The fourth-order valence-corrected chi connectivity index (χ4v) is 3.17. The molecule has 1 aliphatic rings. The molecule has 2 aromatic carbocycles. The number of nitrogens with zero attached hydrogens (tertiary/aromatic N) is 2. The van der Waals surface area contributed by atoms with Gasteiger partial charge in [0.25, 0.3) is 5.91 Å². The summed E-state index contributed by atoms with van der Waals surface area (Å²) in [5.41, 5.74) is 0.283. The lowest BCUT2D eigenvalue weighted by Gasteiger charge is -2.34. The normalized spacial score (nSPS) is 14.1. The SMILES string of the molecule is COC(=O)c1ccc2ccccc2c1OCC(=O)N1CCN(C(C)=O)CC1. The summed E-state index contributed by atoms with van der Waals surface area (Å²) < 4.78 is 10.6. The van der Waals surface area contributed by atoms with Gasteiger partial charge in [-0.15, -0.1) is 0 Å². The van der Waals surface area contributed by atoms with Crippen LogP contribution in [0.3, 0.4) is 0 Å². The third kappa shape index (κ3) is 4.02. The number of rotatable bonds is 4. The van der Waals surface area contributed by atoms with Crippen LogP contribution in [0, 0.1) is 0 Å². The van der Waals surface area contributed by atoms with Crippen LogP contribution >= 0.6 is 0 Å². The summed E-state index contributed by atoms with van der Waals surface area (Å²) in [5.74, 6) is -0.340. The van der Waals surface area contributed by atoms with E-state index in [0.29, 0.717) is 31.9 Å². The van der Waals surface area contributed by atoms with Crippen LogP contribution in [0.25, 0.3) is 10.8 Å². The molecule has 0 aromatic heterocycles. The average Bonchev–Trinajstić information content (AvgIpc) is 2.71. The molecular formula is C20H22N2O5. The molecule has 7 nitrogen and oxygen atoms in total. The zero-order chi connectivity index (χ0) is 19.4. The molecule has 0 unspecified atom stereocenters. The molecule has 1 heterocycles. The highest BCUT2D eigenvalue weighted by molar-refractivity contribution is 6.01. The van der Waals surface area contributed by atoms with Crippen LogP contribution in [0.4, 0.5) is 0 Å².